The van der Waals surface area contributed by atoms with Crippen LogP contribution in [0, 0.1) is 5.92 Å². The minimum atomic E-state index is -0.509. The Hall–Kier alpha value is -1.46. The molecule has 2 N–H and O–H groups in total. The number of rotatable bonds is 5. The molecular formula is C17H32N2O4. The molecule has 6 nitrogen and oxygen atoms in total. The SMILES string of the molecule is CCCCOC(=O)N[C@@H]1CC(C)C[C@H](NC(=O)OC(C)(C)C)C1. The lowest BCUT2D eigenvalue weighted by molar-refractivity contribution is 0.0480. The topological polar surface area (TPSA) is 76.7 Å². The Balaban J connectivity index is 2.42. The summed E-state index contributed by atoms with van der Waals surface area (Å²) in [5, 5.41) is 5.81. The van der Waals surface area contributed by atoms with Crippen molar-refractivity contribution in [3.8, 4) is 0 Å². The second-order valence-corrected chi connectivity index (χ2v) is 7.49. The highest BCUT2D eigenvalue weighted by atomic mass is 16.6. The number of carbonyl (C=O) groups excluding carboxylic acids is 2. The van der Waals surface area contributed by atoms with E-state index in [9.17, 15) is 9.59 Å². The number of ether oxygens (including phenoxy) is 2. The maximum Gasteiger partial charge on any atom is 0.407 e. The normalized spacial score (nSPS) is 24.7. The molecule has 3 atom stereocenters. The van der Waals surface area contributed by atoms with E-state index in [2.05, 4.69) is 24.5 Å². The van der Waals surface area contributed by atoms with Gasteiger partial charge < -0.3 is 20.1 Å². The first-order valence-electron chi connectivity index (χ1n) is 8.62. The molecule has 1 saturated carbocycles. The number of hydrogen-bond acceptors (Lipinski definition) is 4. The molecule has 0 aliphatic heterocycles. The fraction of sp³-hybridized carbons (Fsp3) is 0.882. The van der Waals surface area contributed by atoms with Crippen molar-refractivity contribution in [1.82, 2.24) is 10.6 Å². The Morgan fingerprint density at radius 1 is 1.04 bits per heavy atom. The summed E-state index contributed by atoms with van der Waals surface area (Å²) in [7, 11) is 0. The molecular weight excluding hydrogens is 296 g/mol. The second-order valence-electron chi connectivity index (χ2n) is 7.49. The molecule has 1 aliphatic carbocycles. The maximum atomic E-state index is 11.9. The predicted molar refractivity (Wildman–Crippen MR) is 89.4 cm³/mol. The molecule has 134 valence electrons. The molecule has 0 aromatic rings. The monoisotopic (exact) mass is 328 g/mol. The lowest BCUT2D eigenvalue weighted by Gasteiger charge is -2.34. The van der Waals surface area contributed by atoms with E-state index < -0.39 is 11.7 Å². The van der Waals surface area contributed by atoms with Gasteiger partial charge in [0.2, 0.25) is 0 Å². The van der Waals surface area contributed by atoms with Crippen molar-refractivity contribution in [2.75, 3.05) is 6.61 Å². The Morgan fingerprint density at radius 2 is 1.61 bits per heavy atom. The lowest BCUT2D eigenvalue weighted by Crippen LogP contribution is -2.48. The number of nitrogens with one attached hydrogen (secondary N) is 2. The van der Waals surface area contributed by atoms with Gasteiger partial charge in [-0.2, -0.15) is 0 Å². The number of unbranched alkanes of at least 4 members (excludes halogenated alkanes) is 1. The van der Waals surface area contributed by atoms with Crippen molar-refractivity contribution in [1.29, 1.82) is 0 Å². The molecule has 1 fully saturated rings. The highest BCUT2D eigenvalue weighted by Gasteiger charge is 2.30. The van der Waals surface area contributed by atoms with Crippen molar-refractivity contribution in [2.24, 2.45) is 5.92 Å². The largest absolute Gasteiger partial charge is 0.450 e. The highest BCUT2D eigenvalue weighted by Crippen LogP contribution is 2.24. The quantitative estimate of drug-likeness (QED) is 0.756. The van der Waals surface area contributed by atoms with Crippen LogP contribution in [0.1, 0.15) is 66.7 Å². The average molecular weight is 328 g/mol. The molecule has 0 bridgehead atoms. The molecule has 6 heteroatoms. The smallest absolute Gasteiger partial charge is 0.407 e. The van der Waals surface area contributed by atoms with Crippen LogP contribution in [-0.4, -0.2) is 36.5 Å². The van der Waals surface area contributed by atoms with E-state index in [1.165, 1.54) is 0 Å². The maximum absolute atomic E-state index is 11.9. The zero-order valence-corrected chi connectivity index (χ0v) is 15.1. The zero-order valence-electron chi connectivity index (χ0n) is 15.1. The summed E-state index contributed by atoms with van der Waals surface area (Å²) in [6.45, 7) is 10.1. The summed E-state index contributed by atoms with van der Waals surface area (Å²) in [5.41, 5.74) is -0.509. The van der Waals surface area contributed by atoms with E-state index in [1.54, 1.807) is 0 Å². The van der Waals surface area contributed by atoms with Gasteiger partial charge in [0, 0.05) is 12.1 Å². The average Bonchev–Trinajstić information content (AvgIpc) is 2.35. The van der Waals surface area contributed by atoms with Crippen LogP contribution in [0.2, 0.25) is 0 Å². The van der Waals surface area contributed by atoms with Crippen molar-refractivity contribution < 1.29 is 19.1 Å². The number of carbonyl (C=O) groups is 2. The number of hydrogen-bond donors (Lipinski definition) is 2. The first-order valence-corrected chi connectivity index (χ1v) is 8.62. The molecule has 0 spiro atoms. The van der Waals surface area contributed by atoms with Crippen LogP contribution >= 0.6 is 0 Å². The van der Waals surface area contributed by atoms with E-state index in [4.69, 9.17) is 9.47 Å². The zero-order chi connectivity index (χ0) is 17.5. The molecule has 2 amide bonds. The van der Waals surface area contributed by atoms with Gasteiger partial charge in [0.1, 0.15) is 5.60 Å². The van der Waals surface area contributed by atoms with E-state index in [0.29, 0.717) is 18.9 Å². The van der Waals surface area contributed by atoms with E-state index in [1.807, 2.05) is 20.8 Å². The van der Waals surface area contributed by atoms with Gasteiger partial charge in [-0.15, -0.1) is 0 Å². The minimum absolute atomic E-state index is 0.00884. The minimum Gasteiger partial charge on any atom is -0.450 e. The standard InChI is InChI=1S/C17H32N2O4/c1-6-7-8-22-15(20)18-13-9-12(2)10-14(11-13)19-16(21)23-17(3,4)5/h12-14H,6-11H2,1-5H3,(H,18,20)(H,19,21)/t12?,13-,14+/m1/s1. The summed E-state index contributed by atoms with van der Waals surface area (Å²) in [4.78, 5) is 23.7. The summed E-state index contributed by atoms with van der Waals surface area (Å²) in [5.74, 6) is 0.421. The summed E-state index contributed by atoms with van der Waals surface area (Å²) in [6.07, 6.45) is 3.59. The van der Waals surface area contributed by atoms with Crippen molar-refractivity contribution >= 4 is 12.2 Å². The van der Waals surface area contributed by atoms with Gasteiger partial charge in [-0.3, -0.25) is 0 Å². The predicted octanol–water partition coefficient (Wildman–Crippen LogP) is 3.59. The Morgan fingerprint density at radius 3 is 2.13 bits per heavy atom. The third-order valence-electron chi connectivity index (χ3n) is 3.72. The van der Waals surface area contributed by atoms with Crippen LogP contribution in [0.5, 0.6) is 0 Å². The van der Waals surface area contributed by atoms with Crippen LogP contribution in [0.15, 0.2) is 0 Å². The summed E-state index contributed by atoms with van der Waals surface area (Å²) < 4.78 is 10.4. The Bertz CT molecular complexity index is 393. The third-order valence-corrected chi connectivity index (χ3v) is 3.72. The molecule has 1 unspecified atom stereocenters. The van der Waals surface area contributed by atoms with Gasteiger partial charge in [0.25, 0.3) is 0 Å². The van der Waals surface area contributed by atoms with Crippen LogP contribution in [0.25, 0.3) is 0 Å². The molecule has 1 rings (SSSR count). The van der Waals surface area contributed by atoms with Gasteiger partial charge in [0.05, 0.1) is 6.61 Å². The number of alkyl carbamates (subject to hydrolysis) is 2. The Kier molecular flexibility index (Phi) is 7.65. The summed E-state index contributed by atoms with van der Waals surface area (Å²) >= 11 is 0. The first kappa shape index (κ1) is 19.6. The van der Waals surface area contributed by atoms with Crippen LogP contribution in [-0.2, 0) is 9.47 Å². The van der Waals surface area contributed by atoms with Gasteiger partial charge in [-0.25, -0.2) is 9.59 Å². The first-order chi connectivity index (χ1) is 10.7. The molecule has 0 heterocycles. The van der Waals surface area contributed by atoms with Crippen molar-refractivity contribution in [3.63, 3.8) is 0 Å². The van der Waals surface area contributed by atoms with Gasteiger partial charge >= 0.3 is 12.2 Å². The van der Waals surface area contributed by atoms with Gasteiger partial charge in [-0.1, -0.05) is 20.3 Å². The third kappa shape index (κ3) is 8.67. The molecule has 0 saturated heterocycles. The van der Waals surface area contributed by atoms with Gasteiger partial charge in [0.15, 0.2) is 0 Å². The van der Waals surface area contributed by atoms with Crippen LogP contribution < -0.4 is 10.6 Å². The van der Waals surface area contributed by atoms with Crippen LogP contribution in [0.4, 0.5) is 9.59 Å². The highest BCUT2D eigenvalue weighted by molar-refractivity contribution is 5.68. The fourth-order valence-electron chi connectivity index (χ4n) is 2.83. The van der Waals surface area contributed by atoms with E-state index >= 15 is 0 Å². The van der Waals surface area contributed by atoms with E-state index in [0.717, 1.165) is 25.7 Å². The fourth-order valence-corrected chi connectivity index (χ4v) is 2.83. The van der Waals surface area contributed by atoms with Gasteiger partial charge in [-0.05, 0) is 52.4 Å². The molecule has 0 aromatic heterocycles. The molecule has 0 aromatic carbocycles. The van der Waals surface area contributed by atoms with Crippen molar-refractivity contribution in [2.45, 2.75) is 84.4 Å². The molecule has 1 aliphatic rings. The number of amides is 2. The second kappa shape index (κ2) is 8.99. The summed E-state index contributed by atoms with van der Waals surface area (Å²) in [6, 6.07) is 0.0300. The van der Waals surface area contributed by atoms with E-state index in [-0.39, 0.29) is 18.2 Å². The van der Waals surface area contributed by atoms with Crippen LogP contribution in [0.3, 0.4) is 0 Å². The van der Waals surface area contributed by atoms with Crippen molar-refractivity contribution in [3.05, 3.63) is 0 Å². The molecule has 23 heavy (non-hydrogen) atoms. The molecule has 0 radical (unpaired) electrons. The lowest BCUT2D eigenvalue weighted by atomic mass is 9.83. The Labute approximate surface area is 139 Å².